The molecule has 1 aromatic carbocycles. The van der Waals surface area contributed by atoms with Gasteiger partial charge in [0.15, 0.2) is 0 Å². The Morgan fingerprint density at radius 3 is 2.71 bits per heavy atom. The number of hydrogen-bond acceptors (Lipinski definition) is 4. The number of likely N-dealkylation sites (tertiary alicyclic amines) is 1. The van der Waals surface area contributed by atoms with Gasteiger partial charge < -0.3 is 9.84 Å². The van der Waals surface area contributed by atoms with E-state index in [0.717, 1.165) is 18.8 Å². The molecule has 1 fully saturated rings. The highest BCUT2D eigenvalue weighted by Crippen LogP contribution is 2.33. The molecule has 2 rings (SSSR count). The average Bonchev–Trinajstić information content (AvgIpc) is 2.93. The van der Waals surface area contributed by atoms with E-state index in [1.54, 1.807) is 24.3 Å². The first-order valence-corrected chi connectivity index (χ1v) is 7.18. The van der Waals surface area contributed by atoms with E-state index >= 15 is 0 Å². The highest BCUT2D eigenvalue weighted by molar-refractivity contribution is 5.75. The molecule has 1 aliphatic heterocycles. The first kappa shape index (κ1) is 15.3. The van der Waals surface area contributed by atoms with Crippen LogP contribution in [-0.2, 0) is 4.79 Å². The van der Waals surface area contributed by atoms with Crippen molar-refractivity contribution in [1.82, 2.24) is 4.90 Å². The van der Waals surface area contributed by atoms with Gasteiger partial charge in [-0.2, -0.15) is 5.26 Å². The van der Waals surface area contributed by atoms with Crippen LogP contribution in [0.5, 0.6) is 5.75 Å². The van der Waals surface area contributed by atoms with Crippen LogP contribution in [0.1, 0.15) is 25.3 Å². The Morgan fingerprint density at radius 1 is 1.48 bits per heavy atom. The van der Waals surface area contributed by atoms with Gasteiger partial charge in [-0.25, -0.2) is 0 Å². The molecule has 5 heteroatoms. The zero-order valence-electron chi connectivity index (χ0n) is 12.2. The number of aliphatic carboxylic acids is 1. The average molecular weight is 288 g/mol. The Hall–Kier alpha value is -2.06. The van der Waals surface area contributed by atoms with Gasteiger partial charge in [-0.3, -0.25) is 9.69 Å². The van der Waals surface area contributed by atoms with Crippen LogP contribution in [0, 0.1) is 16.7 Å². The van der Waals surface area contributed by atoms with E-state index in [2.05, 4.69) is 11.0 Å². The summed E-state index contributed by atoms with van der Waals surface area (Å²) in [5.74, 6) is 0.0358. The van der Waals surface area contributed by atoms with Gasteiger partial charge in [0, 0.05) is 13.1 Å². The van der Waals surface area contributed by atoms with E-state index in [1.807, 2.05) is 6.92 Å². The summed E-state index contributed by atoms with van der Waals surface area (Å²) in [7, 11) is 0. The van der Waals surface area contributed by atoms with Crippen LogP contribution in [0.15, 0.2) is 24.3 Å². The van der Waals surface area contributed by atoms with Gasteiger partial charge in [-0.15, -0.1) is 0 Å². The van der Waals surface area contributed by atoms with E-state index in [-0.39, 0.29) is 0 Å². The third kappa shape index (κ3) is 3.53. The Labute approximate surface area is 124 Å². The SMILES string of the molecule is CCC1(C(=O)O)CCN(CCOc2ccc(C#N)cc2)C1. The van der Waals surface area contributed by atoms with E-state index in [4.69, 9.17) is 10.00 Å². The van der Waals surface area contributed by atoms with Crippen molar-refractivity contribution in [3.63, 3.8) is 0 Å². The van der Waals surface area contributed by atoms with Crippen molar-refractivity contribution in [2.75, 3.05) is 26.2 Å². The maximum absolute atomic E-state index is 11.4. The summed E-state index contributed by atoms with van der Waals surface area (Å²) >= 11 is 0. The van der Waals surface area contributed by atoms with Gasteiger partial charge in [0.2, 0.25) is 0 Å². The molecule has 5 nitrogen and oxygen atoms in total. The number of ether oxygens (including phenoxy) is 1. The number of nitrogens with zero attached hydrogens (tertiary/aromatic N) is 2. The fourth-order valence-electron chi connectivity index (χ4n) is 2.68. The third-order valence-electron chi connectivity index (χ3n) is 4.22. The van der Waals surface area contributed by atoms with E-state index < -0.39 is 11.4 Å². The van der Waals surface area contributed by atoms with E-state index in [0.29, 0.717) is 31.6 Å². The number of nitriles is 1. The molecule has 0 saturated carbocycles. The normalized spacial score (nSPS) is 21.9. The predicted octanol–water partition coefficient (Wildman–Crippen LogP) is 2.12. The summed E-state index contributed by atoms with van der Waals surface area (Å²) in [6.45, 7) is 4.57. The first-order chi connectivity index (χ1) is 10.1. The largest absolute Gasteiger partial charge is 0.492 e. The standard InChI is InChI=1S/C16H20N2O3/c1-2-16(15(19)20)7-8-18(12-16)9-10-21-14-5-3-13(11-17)4-6-14/h3-6H,2,7-10,12H2,1H3,(H,19,20). The van der Waals surface area contributed by atoms with Gasteiger partial charge in [0.25, 0.3) is 0 Å². The molecule has 1 unspecified atom stereocenters. The molecule has 1 aromatic rings. The number of hydrogen-bond donors (Lipinski definition) is 1. The van der Waals surface area contributed by atoms with Gasteiger partial charge in [0.1, 0.15) is 12.4 Å². The summed E-state index contributed by atoms with van der Waals surface area (Å²) in [5, 5.41) is 18.1. The maximum Gasteiger partial charge on any atom is 0.310 e. The molecular formula is C16H20N2O3. The zero-order chi connectivity index (χ0) is 15.3. The highest BCUT2D eigenvalue weighted by Gasteiger charge is 2.42. The third-order valence-corrected chi connectivity index (χ3v) is 4.22. The number of carbonyl (C=O) groups is 1. The highest BCUT2D eigenvalue weighted by atomic mass is 16.5. The fraction of sp³-hybridized carbons (Fsp3) is 0.500. The quantitative estimate of drug-likeness (QED) is 0.868. The van der Waals surface area contributed by atoms with Crippen LogP contribution >= 0.6 is 0 Å². The molecule has 0 amide bonds. The molecule has 21 heavy (non-hydrogen) atoms. The zero-order valence-corrected chi connectivity index (χ0v) is 12.2. The van der Waals surface area contributed by atoms with Crippen molar-refractivity contribution >= 4 is 5.97 Å². The summed E-state index contributed by atoms with van der Waals surface area (Å²) in [6.07, 6.45) is 1.37. The van der Waals surface area contributed by atoms with Crippen LogP contribution in [0.4, 0.5) is 0 Å². The fourth-order valence-corrected chi connectivity index (χ4v) is 2.68. The van der Waals surface area contributed by atoms with Gasteiger partial charge in [-0.1, -0.05) is 6.92 Å². The topological polar surface area (TPSA) is 73.6 Å². The molecule has 1 aliphatic rings. The second-order valence-electron chi connectivity index (χ2n) is 5.45. The summed E-state index contributed by atoms with van der Waals surface area (Å²) in [6, 6.07) is 9.05. The summed E-state index contributed by atoms with van der Waals surface area (Å²) < 4.78 is 5.63. The van der Waals surface area contributed by atoms with Crippen molar-refractivity contribution in [1.29, 1.82) is 5.26 Å². The van der Waals surface area contributed by atoms with Crippen molar-refractivity contribution in [3.8, 4) is 11.8 Å². The van der Waals surface area contributed by atoms with E-state index in [1.165, 1.54) is 0 Å². The Bertz CT molecular complexity index is 535. The molecular weight excluding hydrogens is 268 g/mol. The van der Waals surface area contributed by atoms with Crippen LogP contribution in [-0.4, -0.2) is 42.2 Å². The summed E-state index contributed by atoms with van der Waals surface area (Å²) in [5.41, 5.74) is 0.0186. The Morgan fingerprint density at radius 2 is 2.19 bits per heavy atom. The first-order valence-electron chi connectivity index (χ1n) is 7.18. The minimum atomic E-state index is -0.694. The van der Waals surface area contributed by atoms with Gasteiger partial charge >= 0.3 is 5.97 Å². The summed E-state index contributed by atoms with van der Waals surface area (Å²) in [4.78, 5) is 13.5. The van der Waals surface area contributed by atoms with E-state index in [9.17, 15) is 9.90 Å². The molecule has 0 aromatic heterocycles. The molecule has 1 atom stereocenters. The second-order valence-corrected chi connectivity index (χ2v) is 5.45. The number of carboxylic acids is 1. The van der Waals surface area contributed by atoms with Crippen molar-refractivity contribution in [2.45, 2.75) is 19.8 Å². The lowest BCUT2D eigenvalue weighted by atomic mass is 9.84. The molecule has 0 radical (unpaired) electrons. The lowest BCUT2D eigenvalue weighted by molar-refractivity contribution is -0.148. The molecule has 1 N–H and O–H groups in total. The monoisotopic (exact) mass is 288 g/mol. The minimum Gasteiger partial charge on any atom is -0.492 e. The van der Waals surface area contributed by atoms with Gasteiger partial charge in [-0.05, 0) is 43.7 Å². The van der Waals surface area contributed by atoms with Crippen molar-refractivity contribution in [3.05, 3.63) is 29.8 Å². The number of rotatable bonds is 6. The molecule has 112 valence electrons. The van der Waals surface area contributed by atoms with Crippen LogP contribution < -0.4 is 4.74 Å². The van der Waals surface area contributed by atoms with Crippen LogP contribution in [0.2, 0.25) is 0 Å². The van der Waals surface area contributed by atoms with Crippen molar-refractivity contribution < 1.29 is 14.6 Å². The molecule has 0 spiro atoms. The Balaban J connectivity index is 1.79. The number of benzene rings is 1. The Kier molecular flexibility index (Phi) is 4.81. The molecule has 0 aliphatic carbocycles. The smallest absolute Gasteiger partial charge is 0.310 e. The predicted molar refractivity (Wildman–Crippen MR) is 78.1 cm³/mol. The lowest BCUT2D eigenvalue weighted by Crippen LogP contribution is -2.35. The lowest BCUT2D eigenvalue weighted by Gasteiger charge is -2.23. The molecule has 1 saturated heterocycles. The minimum absolute atomic E-state index is 0.519. The van der Waals surface area contributed by atoms with Crippen molar-refractivity contribution in [2.24, 2.45) is 5.41 Å². The maximum atomic E-state index is 11.4. The molecule has 0 bridgehead atoms. The second kappa shape index (κ2) is 6.59. The van der Waals surface area contributed by atoms with Gasteiger partial charge in [0.05, 0.1) is 17.0 Å². The van der Waals surface area contributed by atoms with Crippen LogP contribution in [0.25, 0.3) is 0 Å². The number of carboxylic acid groups (broad SMARTS) is 1. The van der Waals surface area contributed by atoms with Crippen LogP contribution in [0.3, 0.4) is 0 Å². The molecule has 1 heterocycles.